The molecule has 0 N–H and O–H groups in total. The smallest absolute Gasteiger partial charge is 0.130 e. The van der Waals surface area contributed by atoms with Crippen LogP contribution >= 0.6 is 0 Å². The number of hydrogen-bond donors (Lipinski definition) is 0. The van der Waals surface area contributed by atoms with E-state index in [1.54, 1.807) is 12.5 Å². The Labute approximate surface area is 214 Å². The molecule has 1 aromatic carbocycles. The quantitative estimate of drug-likeness (QED) is 0.514. The molecule has 0 radical (unpaired) electrons. The number of dihydropyridines is 1. The van der Waals surface area contributed by atoms with Crippen LogP contribution < -0.4 is 0 Å². The summed E-state index contributed by atoms with van der Waals surface area (Å²) in [7, 11) is 1.97. The third-order valence-electron chi connectivity index (χ3n) is 8.66. The number of aromatic nitrogens is 2. The number of carbonyl (C=O) groups excluding carboxylic acids is 1. The maximum absolute atomic E-state index is 11.9. The molecular weight excluding hydrogens is 446 g/mol. The van der Waals surface area contributed by atoms with E-state index in [4.69, 9.17) is 9.73 Å². The summed E-state index contributed by atoms with van der Waals surface area (Å²) in [6, 6.07) is 7.22. The van der Waals surface area contributed by atoms with Gasteiger partial charge in [-0.2, -0.15) is 5.10 Å². The van der Waals surface area contributed by atoms with Crippen LogP contribution in [-0.4, -0.2) is 40.5 Å². The summed E-state index contributed by atoms with van der Waals surface area (Å²) in [4.78, 5) is 17.4. The predicted octanol–water partition coefficient (Wildman–Crippen LogP) is 6.13. The van der Waals surface area contributed by atoms with Gasteiger partial charge in [0.15, 0.2) is 0 Å². The molecule has 1 aromatic heterocycles. The molecule has 0 saturated carbocycles. The normalized spacial score (nSPS) is 26.1. The van der Waals surface area contributed by atoms with Crippen molar-refractivity contribution in [2.24, 2.45) is 23.9 Å². The Balaban J connectivity index is 1.36. The van der Waals surface area contributed by atoms with Crippen molar-refractivity contribution in [1.29, 1.82) is 0 Å². The molecule has 6 rings (SSSR count). The SMILES string of the molecule is CC(=O)CC1CCC2=C(CC1)C(C1=CCCc3cc(-c4cnn(C)c4)ccc31)=NC([C@H]1CCOC1)C2. The summed E-state index contributed by atoms with van der Waals surface area (Å²) in [5.74, 6) is 1.34. The molecular formula is C31H37N3O2. The minimum absolute atomic E-state index is 0.312. The fourth-order valence-corrected chi connectivity index (χ4v) is 6.74. The Bertz CT molecular complexity index is 1260. The average Bonchev–Trinajstić information content (AvgIpc) is 3.53. The van der Waals surface area contributed by atoms with E-state index in [2.05, 4.69) is 35.6 Å². The molecule has 188 valence electrons. The van der Waals surface area contributed by atoms with Gasteiger partial charge < -0.3 is 9.53 Å². The van der Waals surface area contributed by atoms with Gasteiger partial charge in [0.1, 0.15) is 5.78 Å². The number of fused-ring (bicyclic) bond motifs is 1. The van der Waals surface area contributed by atoms with E-state index >= 15 is 0 Å². The highest BCUT2D eigenvalue weighted by atomic mass is 16.5. The summed E-state index contributed by atoms with van der Waals surface area (Å²) in [5.41, 5.74) is 10.8. The number of aryl methyl sites for hydroxylation is 2. The van der Waals surface area contributed by atoms with Gasteiger partial charge in [-0.15, -0.1) is 0 Å². The molecule has 4 aliphatic rings. The number of ether oxygens (including phenoxy) is 1. The maximum Gasteiger partial charge on any atom is 0.130 e. The second-order valence-corrected chi connectivity index (χ2v) is 11.2. The molecule has 2 aliphatic carbocycles. The monoisotopic (exact) mass is 483 g/mol. The van der Waals surface area contributed by atoms with Gasteiger partial charge in [0.2, 0.25) is 0 Å². The van der Waals surface area contributed by atoms with Crippen molar-refractivity contribution in [3.8, 4) is 11.1 Å². The summed E-state index contributed by atoms with van der Waals surface area (Å²) in [5, 5.41) is 4.37. The van der Waals surface area contributed by atoms with Gasteiger partial charge in [0, 0.05) is 43.3 Å². The van der Waals surface area contributed by atoms with Crippen molar-refractivity contribution >= 4 is 17.1 Å². The number of hydrogen-bond acceptors (Lipinski definition) is 4. The van der Waals surface area contributed by atoms with E-state index in [-0.39, 0.29) is 0 Å². The Hall–Kier alpha value is -2.79. The first kappa shape index (κ1) is 23.6. The molecule has 2 aromatic rings. The predicted molar refractivity (Wildman–Crippen MR) is 144 cm³/mol. The van der Waals surface area contributed by atoms with Crippen molar-refractivity contribution in [1.82, 2.24) is 9.78 Å². The molecule has 2 unspecified atom stereocenters. The topological polar surface area (TPSA) is 56.5 Å². The summed E-state index contributed by atoms with van der Waals surface area (Å²) < 4.78 is 7.65. The van der Waals surface area contributed by atoms with Gasteiger partial charge in [-0.1, -0.05) is 29.8 Å². The lowest BCUT2D eigenvalue weighted by Crippen LogP contribution is -2.27. The van der Waals surface area contributed by atoms with E-state index in [1.165, 1.54) is 33.5 Å². The number of rotatable bonds is 5. The summed E-state index contributed by atoms with van der Waals surface area (Å²) >= 11 is 0. The molecule has 36 heavy (non-hydrogen) atoms. The Morgan fingerprint density at radius 3 is 2.81 bits per heavy atom. The minimum Gasteiger partial charge on any atom is -0.381 e. The van der Waals surface area contributed by atoms with Crippen LogP contribution in [0.3, 0.4) is 0 Å². The second kappa shape index (κ2) is 9.93. The van der Waals surface area contributed by atoms with Crippen molar-refractivity contribution in [3.05, 3.63) is 58.9 Å². The maximum atomic E-state index is 11.9. The highest BCUT2D eigenvalue weighted by Crippen LogP contribution is 2.42. The van der Waals surface area contributed by atoms with Crippen LogP contribution in [0.15, 0.2) is 52.8 Å². The zero-order valence-corrected chi connectivity index (χ0v) is 21.6. The van der Waals surface area contributed by atoms with Gasteiger partial charge in [-0.3, -0.25) is 9.67 Å². The molecule has 3 heterocycles. The van der Waals surface area contributed by atoms with E-state index < -0.39 is 0 Å². The highest BCUT2D eigenvalue weighted by molar-refractivity contribution is 6.32. The minimum atomic E-state index is 0.312. The van der Waals surface area contributed by atoms with Crippen LogP contribution in [0, 0.1) is 11.8 Å². The first-order valence-electron chi connectivity index (χ1n) is 13.7. The highest BCUT2D eigenvalue weighted by Gasteiger charge is 2.34. The summed E-state index contributed by atoms with van der Waals surface area (Å²) in [6.45, 7) is 3.44. The number of benzene rings is 1. The molecule has 0 amide bonds. The van der Waals surface area contributed by atoms with Gasteiger partial charge in [0.25, 0.3) is 0 Å². The number of allylic oxidation sites excluding steroid dienone is 3. The third-order valence-corrected chi connectivity index (χ3v) is 8.66. The van der Waals surface area contributed by atoms with E-state index in [1.807, 2.05) is 17.9 Å². The van der Waals surface area contributed by atoms with Gasteiger partial charge in [0.05, 0.1) is 24.6 Å². The molecule has 3 atom stereocenters. The standard InChI is InChI=1S/C31H37N3O2/c1-20(35)14-21-6-8-24-16-30(25-12-13-36-19-25)33-31(28(24)10-7-21)29-5-3-4-23-15-22(9-11-27(23)29)26-17-32-34(2)18-26/h5,9,11,15,17-18,21,25,30H,3-4,6-8,10,12-14,16,19H2,1-2H3/t21?,25-,30?/m0/s1. The fourth-order valence-electron chi connectivity index (χ4n) is 6.74. The Kier molecular flexibility index (Phi) is 6.51. The number of aliphatic imine (C=N–C) groups is 1. The van der Waals surface area contributed by atoms with Crippen LogP contribution in [0.1, 0.15) is 69.4 Å². The van der Waals surface area contributed by atoms with Crippen molar-refractivity contribution in [2.75, 3.05) is 13.2 Å². The Morgan fingerprint density at radius 2 is 2.03 bits per heavy atom. The second-order valence-electron chi connectivity index (χ2n) is 11.2. The van der Waals surface area contributed by atoms with Crippen LogP contribution in [0.25, 0.3) is 16.7 Å². The third kappa shape index (κ3) is 4.66. The van der Waals surface area contributed by atoms with Crippen LogP contribution in [0.5, 0.6) is 0 Å². The van der Waals surface area contributed by atoms with Crippen molar-refractivity contribution in [2.45, 2.75) is 70.8 Å². The van der Waals surface area contributed by atoms with Gasteiger partial charge >= 0.3 is 0 Å². The molecule has 5 heteroatoms. The van der Waals surface area contributed by atoms with Crippen LogP contribution in [0.4, 0.5) is 0 Å². The fraction of sp³-hybridized carbons (Fsp3) is 0.516. The number of carbonyl (C=O) groups is 1. The molecule has 2 aliphatic heterocycles. The largest absolute Gasteiger partial charge is 0.381 e. The lowest BCUT2D eigenvalue weighted by molar-refractivity contribution is -0.118. The van der Waals surface area contributed by atoms with Crippen LogP contribution in [0.2, 0.25) is 0 Å². The molecule has 0 bridgehead atoms. The Morgan fingerprint density at radius 1 is 1.14 bits per heavy atom. The molecule has 0 spiro atoms. The van der Waals surface area contributed by atoms with Crippen LogP contribution in [-0.2, 0) is 23.0 Å². The first-order chi connectivity index (χ1) is 17.5. The zero-order valence-electron chi connectivity index (χ0n) is 21.6. The van der Waals surface area contributed by atoms with Gasteiger partial charge in [-0.25, -0.2) is 0 Å². The summed E-state index contributed by atoms with van der Waals surface area (Å²) in [6.07, 6.45) is 15.8. The zero-order chi connectivity index (χ0) is 24.6. The lowest BCUT2D eigenvalue weighted by Gasteiger charge is -2.31. The van der Waals surface area contributed by atoms with Crippen molar-refractivity contribution in [3.63, 3.8) is 0 Å². The van der Waals surface area contributed by atoms with E-state index in [0.29, 0.717) is 23.7 Å². The number of ketones is 1. The van der Waals surface area contributed by atoms with E-state index in [9.17, 15) is 4.79 Å². The van der Waals surface area contributed by atoms with Crippen molar-refractivity contribution < 1.29 is 9.53 Å². The molecule has 1 saturated heterocycles. The first-order valence-corrected chi connectivity index (χ1v) is 13.7. The molecule has 1 fully saturated rings. The lowest BCUT2D eigenvalue weighted by atomic mass is 9.79. The van der Waals surface area contributed by atoms with Gasteiger partial charge in [-0.05, 0) is 86.5 Å². The molecule has 5 nitrogen and oxygen atoms in total. The average molecular weight is 484 g/mol. The van der Waals surface area contributed by atoms with E-state index in [0.717, 1.165) is 76.6 Å². The number of nitrogens with zero attached hydrogens (tertiary/aromatic N) is 3. The number of Topliss-reactive ketones (excluding diaryl/α,β-unsaturated/α-hetero) is 1.